The molecule has 0 rings (SSSR count). The van der Waals surface area contributed by atoms with Gasteiger partial charge in [-0.3, -0.25) is 14.4 Å². The minimum Gasteiger partial charge on any atom is -0.462 e. The van der Waals surface area contributed by atoms with E-state index in [0.29, 0.717) is 19.3 Å². The molecule has 0 bridgehead atoms. The normalized spacial score (nSPS) is 12.2. The van der Waals surface area contributed by atoms with Gasteiger partial charge in [-0.1, -0.05) is 263 Å². The highest BCUT2D eigenvalue weighted by atomic mass is 16.6. The van der Waals surface area contributed by atoms with Gasteiger partial charge in [-0.25, -0.2) is 0 Å². The smallest absolute Gasteiger partial charge is 0.306 e. The summed E-state index contributed by atoms with van der Waals surface area (Å²) in [6.07, 6.45) is 68.5. The fourth-order valence-corrected chi connectivity index (χ4v) is 8.82. The molecule has 6 nitrogen and oxygen atoms in total. The molecule has 0 spiro atoms. The molecule has 6 heteroatoms. The Morgan fingerprint density at radius 1 is 0.294 bits per heavy atom. The third kappa shape index (κ3) is 54.6. The second-order valence-corrected chi connectivity index (χ2v) is 20.3. The number of ether oxygens (including phenoxy) is 3. The maximum Gasteiger partial charge on any atom is 0.306 e. The summed E-state index contributed by atoms with van der Waals surface area (Å²) < 4.78 is 16.9. The highest BCUT2D eigenvalue weighted by Gasteiger charge is 2.19. The molecule has 0 aliphatic carbocycles. The molecule has 0 aromatic rings. The molecule has 0 N–H and O–H groups in total. The molecule has 0 fully saturated rings. The molecule has 0 heterocycles. The second kappa shape index (κ2) is 57.2. The van der Waals surface area contributed by atoms with Crippen molar-refractivity contribution < 1.29 is 28.6 Å². The van der Waals surface area contributed by atoms with Gasteiger partial charge in [0.2, 0.25) is 0 Å². The molecule has 0 aliphatic rings. The first-order valence-electron chi connectivity index (χ1n) is 30.0. The van der Waals surface area contributed by atoms with Crippen LogP contribution >= 0.6 is 0 Å². The molecular weight excluding hydrogens is 841 g/mol. The molecule has 1 unspecified atom stereocenters. The first kappa shape index (κ1) is 65.6. The van der Waals surface area contributed by atoms with Crippen LogP contribution in [0.15, 0.2) is 36.5 Å². The SMILES string of the molecule is CCCCCCC/C=C\C/C=C\CCCCCCCCCCCC(=O)OCC(COC(=O)CCCCCCCCCCCCCCC)OC(=O)CCCCCCC/C=C\CCCCCCCCC. The van der Waals surface area contributed by atoms with Crippen molar-refractivity contribution in [3.63, 3.8) is 0 Å². The molecule has 0 amide bonds. The Kier molecular flexibility index (Phi) is 55.2. The van der Waals surface area contributed by atoms with Crippen LogP contribution in [0.4, 0.5) is 0 Å². The predicted octanol–water partition coefficient (Wildman–Crippen LogP) is 20.0. The van der Waals surface area contributed by atoms with Crippen LogP contribution in [0.5, 0.6) is 0 Å². The summed E-state index contributed by atoms with van der Waals surface area (Å²) in [5, 5.41) is 0. The summed E-state index contributed by atoms with van der Waals surface area (Å²) in [5.74, 6) is -0.867. The first-order valence-corrected chi connectivity index (χ1v) is 30.0. The van der Waals surface area contributed by atoms with Gasteiger partial charge in [-0.2, -0.15) is 0 Å². The largest absolute Gasteiger partial charge is 0.462 e. The summed E-state index contributed by atoms with van der Waals surface area (Å²) in [4.78, 5) is 38.2. The zero-order valence-corrected chi connectivity index (χ0v) is 45.6. The van der Waals surface area contributed by atoms with Crippen molar-refractivity contribution in [3.05, 3.63) is 36.5 Å². The summed E-state index contributed by atoms with van der Waals surface area (Å²) in [6.45, 7) is 6.66. The number of hydrogen-bond acceptors (Lipinski definition) is 6. The standard InChI is InChI=1S/C62H114O6/c1-4-7-10-13-16-19-22-25-27-29-30-31-32-33-35-37-40-43-46-49-52-55-61(64)67-58-59(57-66-60(63)54-51-48-45-42-39-36-24-21-18-15-12-9-6-3)68-62(65)56-53-50-47-44-41-38-34-28-26-23-20-17-14-11-8-5-2/h22,25,28-30,34,59H,4-21,23-24,26-27,31-33,35-58H2,1-3H3/b25-22-,30-29-,34-28-. The molecule has 0 aromatic heterocycles. The van der Waals surface area contributed by atoms with E-state index in [1.807, 2.05) is 0 Å². The number of unbranched alkanes of at least 4 members (excludes halogenated alkanes) is 38. The number of rotatable bonds is 55. The van der Waals surface area contributed by atoms with Crippen molar-refractivity contribution >= 4 is 17.9 Å². The van der Waals surface area contributed by atoms with E-state index in [1.165, 1.54) is 212 Å². The van der Waals surface area contributed by atoms with Crippen molar-refractivity contribution in [3.8, 4) is 0 Å². The van der Waals surface area contributed by atoms with E-state index >= 15 is 0 Å². The molecule has 1 atom stereocenters. The third-order valence-electron chi connectivity index (χ3n) is 13.4. The molecule has 0 saturated heterocycles. The van der Waals surface area contributed by atoms with Gasteiger partial charge in [0.1, 0.15) is 13.2 Å². The van der Waals surface area contributed by atoms with Crippen LogP contribution in [-0.2, 0) is 28.6 Å². The molecule has 0 radical (unpaired) electrons. The fourth-order valence-electron chi connectivity index (χ4n) is 8.82. The lowest BCUT2D eigenvalue weighted by Crippen LogP contribution is -2.30. The van der Waals surface area contributed by atoms with Crippen molar-refractivity contribution in [1.29, 1.82) is 0 Å². The minimum atomic E-state index is -0.775. The molecular formula is C62H114O6. The monoisotopic (exact) mass is 955 g/mol. The van der Waals surface area contributed by atoms with Gasteiger partial charge < -0.3 is 14.2 Å². The summed E-state index contributed by atoms with van der Waals surface area (Å²) >= 11 is 0. The van der Waals surface area contributed by atoms with Gasteiger partial charge in [-0.05, 0) is 77.0 Å². The summed E-state index contributed by atoms with van der Waals surface area (Å²) in [7, 11) is 0. The van der Waals surface area contributed by atoms with Crippen LogP contribution in [0.3, 0.4) is 0 Å². The van der Waals surface area contributed by atoms with E-state index in [0.717, 1.165) is 70.6 Å². The number of carbonyl (C=O) groups is 3. The van der Waals surface area contributed by atoms with E-state index < -0.39 is 6.10 Å². The number of allylic oxidation sites excluding steroid dienone is 6. The van der Waals surface area contributed by atoms with Gasteiger partial charge in [0.15, 0.2) is 6.10 Å². The predicted molar refractivity (Wildman–Crippen MR) is 293 cm³/mol. The van der Waals surface area contributed by atoms with E-state index in [4.69, 9.17) is 14.2 Å². The lowest BCUT2D eigenvalue weighted by Gasteiger charge is -2.18. The Bertz CT molecular complexity index is 1140. The zero-order valence-electron chi connectivity index (χ0n) is 45.6. The maximum atomic E-state index is 12.9. The Morgan fingerprint density at radius 2 is 0.529 bits per heavy atom. The molecule has 0 aromatic carbocycles. The Labute approximate surface area is 423 Å². The topological polar surface area (TPSA) is 78.9 Å². The van der Waals surface area contributed by atoms with Crippen LogP contribution in [0.25, 0.3) is 0 Å². The van der Waals surface area contributed by atoms with E-state index in [9.17, 15) is 14.4 Å². The average Bonchev–Trinajstić information content (AvgIpc) is 3.34. The number of esters is 3. The quantitative estimate of drug-likeness (QED) is 0.0262. The highest BCUT2D eigenvalue weighted by molar-refractivity contribution is 5.71. The number of hydrogen-bond donors (Lipinski definition) is 0. The van der Waals surface area contributed by atoms with Crippen LogP contribution in [0.1, 0.15) is 323 Å². The second-order valence-electron chi connectivity index (χ2n) is 20.3. The Morgan fingerprint density at radius 3 is 0.824 bits per heavy atom. The minimum absolute atomic E-state index is 0.0730. The van der Waals surface area contributed by atoms with Crippen LogP contribution in [0, 0.1) is 0 Å². The van der Waals surface area contributed by atoms with E-state index in [-0.39, 0.29) is 31.1 Å². The van der Waals surface area contributed by atoms with E-state index in [2.05, 4.69) is 57.2 Å². The lowest BCUT2D eigenvalue weighted by atomic mass is 10.0. The molecule has 68 heavy (non-hydrogen) atoms. The summed E-state index contributed by atoms with van der Waals surface area (Å²) in [5.41, 5.74) is 0. The lowest BCUT2D eigenvalue weighted by molar-refractivity contribution is -0.167. The molecule has 398 valence electrons. The van der Waals surface area contributed by atoms with Crippen molar-refractivity contribution in [2.24, 2.45) is 0 Å². The van der Waals surface area contributed by atoms with Gasteiger partial charge in [0.05, 0.1) is 0 Å². The van der Waals surface area contributed by atoms with Crippen LogP contribution in [-0.4, -0.2) is 37.2 Å². The Balaban J connectivity index is 4.32. The summed E-state index contributed by atoms with van der Waals surface area (Å²) in [6, 6.07) is 0. The maximum absolute atomic E-state index is 12.9. The van der Waals surface area contributed by atoms with Crippen LogP contribution in [0.2, 0.25) is 0 Å². The zero-order chi connectivity index (χ0) is 49.3. The fraction of sp³-hybridized carbons (Fsp3) is 0.855. The average molecular weight is 956 g/mol. The first-order chi connectivity index (χ1) is 33.5. The van der Waals surface area contributed by atoms with Crippen molar-refractivity contribution in [2.75, 3.05) is 13.2 Å². The van der Waals surface area contributed by atoms with Gasteiger partial charge in [0, 0.05) is 19.3 Å². The molecule has 0 saturated carbocycles. The highest BCUT2D eigenvalue weighted by Crippen LogP contribution is 2.16. The van der Waals surface area contributed by atoms with E-state index in [1.54, 1.807) is 0 Å². The van der Waals surface area contributed by atoms with Crippen molar-refractivity contribution in [1.82, 2.24) is 0 Å². The third-order valence-corrected chi connectivity index (χ3v) is 13.4. The molecule has 0 aliphatic heterocycles. The van der Waals surface area contributed by atoms with Crippen molar-refractivity contribution in [2.45, 2.75) is 329 Å². The van der Waals surface area contributed by atoms with Crippen LogP contribution < -0.4 is 0 Å². The van der Waals surface area contributed by atoms with Gasteiger partial charge in [-0.15, -0.1) is 0 Å². The Hall–Kier alpha value is -2.37. The van der Waals surface area contributed by atoms with Gasteiger partial charge >= 0.3 is 17.9 Å². The van der Waals surface area contributed by atoms with Gasteiger partial charge in [0.25, 0.3) is 0 Å². The number of carbonyl (C=O) groups excluding carboxylic acids is 3.